The number of hydrogen-bond acceptors (Lipinski definition) is 3. The average molecular weight is 348 g/mol. The summed E-state index contributed by atoms with van der Waals surface area (Å²) in [6.45, 7) is 2.19. The molecule has 2 aromatic rings. The second kappa shape index (κ2) is 8.72. The third kappa shape index (κ3) is 3.90. The molecule has 0 fully saturated rings. The maximum absolute atomic E-state index is 5.82. The Labute approximate surface area is 141 Å². The van der Waals surface area contributed by atoms with Gasteiger partial charge in [0.05, 0.1) is 5.28 Å². The van der Waals surface area contributed by atoms with Gasteiger partial charge < -0.3 is 13.3 Å². The lowest BCUT2D eigenvalue weighted by atomic mass is 10.4. The standard InChI is InChI=1S/C18H25O3PSi/c1-5-18(23(19-2,20-3)21-4)22(16-12-8-6-9-13-16)17-14-10-7-11-15-17/h6-15,18H,5H2,1-4H3. The zero-order valence-corrected chi connectivity index (χ0v) is 16.1. The van der Waals surface area contributed by atoms with E-state index in [0.717, 1.165) is 6.42 Å². The van der Waals surface area contributed by atoms with E-state index < -0.39 is 16.7 Å². The van der Waals surface area contributed by atoms with E-state index in [0.29, 0.717) is 0 Å². The summed E-state index contributed by atoms with van der Waals surface area (Å²) in [5, 5.41) is 2.86. The lowest BCUT2D eigenvalue weighted by molar-refractivity contribution is 0.120. The van der Waals surface area contributed by atoms with Gasteiger partial charge >= 0.3 is 8.80 Å². The molecule has 0 aliphatic rings. The first-order valence-electron chi connectivity index (χ1n) is 7.77. The van der Waals surface area contributed by atoms with Gasteiger partial charge in [0.15, 0.2) is 0 Å². The van der Waals surface area contributed by atoms with Gasteiger partial charge in [-0.3, -0.25) is 0 Å². The van der Waals surface area contributed by atoms with Crippen LogP contribution in [0.2, 0.25) is 0 Å². The van der Waals surface area contributed by atoms with E-state index in [4.69, 9.17) is 13.3 Å². The molecule has 1 unspecified atom stereocenters. The van der Waals surface area contributed by atoms with Crippen LogP contribution in [0.5, 0.6) is 0 Å². The van der Waals surface area contributed by atoms with Crippen molar-refractivity contribution in [3.05, 3.63) is 60.7 Å². The van der Waals surface area contributed by atoms with Crippen LogP contribution in [-0.4, -0.2) is 35.4 Å². The van der Waals surface area contributed by atoms with Crippen molar-refractivity contribution >= 4 is 27.3 Å². The van der Waals surface area contributed by atoms with E-state index in [1.807, 2.05) is 0 Å². The predicted octanol–water partition coefficient (Wildman–Crippen LogP) is 3.32. The second-order valence-electron chi connectivity index (χ2n) is 5.18. The van der Waals surface area contributed by atoms with Crippen molar-refractivity contribution in [2.75, 3.05) is 21.3 Å². The molecule has 1 atom stereocenters. The molecule has 23 heavy (non-hydrogen) atoms. The summed E-state index contributed by atoms with van der Waals surface area (Å²) in [5.74, 6) is 0. The summed E-state index contributed by atoms with van der Waals surface area (Å²) in [5.41, 5.74) is 0. The molecule has 124 valence electrons. The molecular formula is C18H25O3PSi. The molecule has 0 aromatic heterocycles. The Morgan fingerprint density at radius 3 is 1.48 bits per heavy atom. The predicted molar refractivity (Wildman–Crippen MR) is 99.9 cm³/mol. The Balaban J connectivity index is 2.56. The number of hydrogen-bond donors (Lipinski definition) is 0. The van der Waals surface area contributed by atoms with Crippen molar-refractivity contribution in [3.8, 4) is 0 Å². The molecule has 2 rings (SSSR count). The fraction of sp³-hybridized carbons (Fsp3) is 0.333. The van der Waals surface area contributed by atoms with Crippen LogP contribution in [0.4, 0.5) is 0 Å². The molecule has 5 heteroatoms. The van der Waals surface area contributed by atoms with Gasteiger partial charge in [0.2, 0.25) is 0 Å². The zero-order valence-electron chi connectivity index (χ0n) is 14.2. The van der Waals surface area contributed by atoms with E-state index in [-0.39, 0.29) is 5.28 Å². The van der Waals surface area contributed by atoms with Gasteiger partial charge in [-0.15, -0.1) is 0 Å². The largest absolute Gasteiger partial charge is 0.508 e. The first kappa shape index (κ1) is 18.3. The Morgan fingerprint density at radius 1 is 0.783 bits per heavy atom. The minimum absolute atomic E-state index is 0.210. The molecule has 0 bridgehead atoms. The average Bonchev–Trinajstić information content (AvgIpc) is 2.64. The Morgan fingerprint density at radius 2 is 1.17 bits per heavy atom. The van der Waals surface area contributed by atoms with Crippen molar-refractivity contribution in [1.29, 1.82) is 0 Å². The van der Waals surface area contributed by atoms with Gasteiger partial charge in [-0.1, -0.05) is 67.6 Å². The first-order valence-corrected chi connectivity index (χ1v) is 11.0. The van der Waals surface area contributed by atoms with Gasteiger partial charge in [0, 0.05) is 21.3 Å². The first-order chi connectivity index (χ1) is 11.2. The second-order valence-corrected chi connectivity index (χ2v) is 11.2. The van der Waals surface area contributed by atoms with Crippen molar-refractivity contribution in [2.24, 2.45) is 0 Å². The lowest BCUT2D eigenvalue weighted by Crippen LogP contribution is -2.55. The van der Waals surface area contributed by atoms with E-state index in [1.54, 1.807) is 21.3 Å². The highest BCUT2D eigenvalue weighted by Gasteiger charge is 2.50. The summed E-state index contributed by atoms with van der Waals surface area (Å²) >= 11 is 0. The molecule has 0 saturated heterocycles. The molecule has 0 spiro atoms. The molecule has 2 aromatic carbocycles. The normalized spacial score (nSPS) is 13.3. The van der Waals surface area contributed by atoms with Gasteiger partial charge in [-0.25, -0.2) is 0 Å². The van der Waals surface area contributed by atoms with Crippen LogP contribution in [0.3, 0.4) is 0 Å². The van der Waals surface area contributed by atoms with Gasteiger partial charge in [-0.05, 0) is 25.0 Å². The van der Waals surface area contributed by atoms with E-state index in [2.05, 4.69) is 67.6 Å². The highest BCUT2D eigenvalue weighted by Crippen LogP contribution is 2.45. The van der Waals surface area contributed by atoms with Crippen LogP contribution in [0.25, 0.3) is 0 Å². The summed E-state index contributed by atoms with van der Waals surface area (Å²) < 4.78 is 17.5. The molecule has 0 amide bonds. The zero-order chi connectivity index (χ0) is 16.7. The quantitative estimate of drug-likeness (QED) is 0.541. The van der Waals surface area contributed by atoms with Crippen molar-refractivity contribution in [2.45, 2.75) is 18.6 Å². The molecule has 0 aliphatic heterocycles. The third-order valence-corrected chi connectivity index (χ3v) is 11.4. The molecule has 3 nitrogen and oxygen atoms in total. The van der Waals surface area contributed by atoms with Gasteiger partial charge in [0.1, 0.15) is 0 Å². The molecule has 0 saturated carbocycles. The highest BCUT2D eigenvalue weighted by atomic mass is 31.1. The summed E-state index contributed by atoms with van der Waals surface area (Å²) in [7, 11) is 1.72. The molecular weight excluding hydrogens is 323 g/mol. The summed E-state index contributed by atoms with van der Waals surface area (Å²) in [4.78, 5) is 0. The van der Waals surface area contributed by atoms with Crippen molar-refractivity contribution in [3.63, 3.8) is 0 Å². The molecule has 0 N–H and O–H groups in total. The molecule has 0 radical (unpaired) electrons. The number of rotatable bonds is 8. The number of benzene rings is 2. The maximum Gasteiger partial charge on any atom is 0.508 e. The monoisotopic (exact) mass is 348 g/mol. The fourth-order valence-electron chi connectivity index (χ4n) is 2.93. The SMILES string of the molecule is CCC(P(c1ccccc1)c1ccccc1)[Si](OC)(OC)OC. The van der Waals surface area contributed by atoms with Crippen LogP contribution in [0.1, 0.15) is 13.3 Å². The van der Waals surface area contributed by atoms with Gasteiger partial charge in [0.25, 0.3) is 0 Å². The highest BCUT2D eigenvalue weighted by molar-refractivity contribution is 7.75. The Kier molecular flexibility index (Phi) is 6.94. The summed E-state index contributed by atoms with van der Waals surface area (Å²) in [6.07, 6.45) is 0.942. The van der Waals surface area contributed by atoms with Crippen LogP contribution in [0, 0.1) is 0 Å². The Hall–Kier alpha value is -1.03. The molecule has 0 aliphatic carbocycles. The third-order valence-electron chi connectivity index (χ3n) is 4.03. The van der Waals surface area contributed by atoms with Crippen LogP contribution >= 0.6 is 7.92 Å². The summed E-state index contributed by atoms with van der Waals surface area (Å²) in [6, 6.07) is 21.3. The van der Waals surface area contributed by atoms with E-state index >= 15 is 0 Å². The maximum atomic E-state index is 5.82. The van der Waals surface area contributed by atoms with E-state index in [9.17, 15) is 0 Å². The van der Waals surface area contributed by atoms with E-state index in [1.165, 1.54) is 10.6 Å². The minimum Gasteiger partial charge on any atom is -0.376 e. The van der Waals surface area contributed by atoms with Crippen LogP contribution in [-0.2, 0) is 13.3 Å². The molecule has 0 heterocycles. The smallest absolute Gasteiger partial charge is 0.376 e. The fourth-order valence-corrected chi connectivity index (χ4v) is 10.2. The lowest BCUT2D eigenvalue weighted by Gasteiger charge is -2.37. The van der Waals surface area contributed by atoms with Crippen LogP contribution in [0.15, 0.2) is 60.7 Å². The minimum atomic E-state index is -2.75. The topological polar surface area (TPSA) is 27.7 Å². The van der Waals surface area contributed by atoms with Crippen LogP contribution < -0.4 is 10.6 Å². The van der Waals surface area contributed by atoms with Gasteiger partial charge in [-0.2, -0.15) is 0 Å². The Bertz CT molecular complexity index is 528. The van der Waals surface area contributed by atoms with Crippen molar-refractivity contribution in [1.82, 2.24) is 0 Å². The van der Waals surface area contributed by atoms with Crippen molar-refractivity contribution < 1.29 is 13.3 Å².